The molecule has 0 aliphatic carbocycles. The van der Waals surface area contributed by atoms with Gasteiger partial charge in [-0.05, 0) is 55.5 Å². The van der Waals surface area contributed by atoms with Crippen LogP contribution in [0.4, 0.5) is 0 Å². The third-order valence-corrected chi connectivity index (χ3v) is 8.14. The molecule has 2 aromatic carbocycles. The minimum atomic E-state index is -0.600. The first-order valence-corrected chi connectivity index (χ1v) is 14.7. The first-order valence-electron chi connectivity index (χ1n) is 14.7. The highest BCUT2D eigenvalue weighted by Gasteiger charge is 2.42. The molecule has 1 aliphatic heterocycles. The van der Waals surface area contributed by atoms with Gasteiger partial charge in [-0.1, -0.05) is 77.0 Å². The number of phenolic OH excluding ortho intramolecular Hbond substituents is 2. The molecule has 0 amide bonds. The zero-order chi connectivity index (χ0) is 28.3. The van der Waals surface area contributed by atoms with Gasteiger partial charge >= 0.3 is 5.97 Å². The number of fused-ring (bicyclic) bond motifs is 1. The molecule has 6 heteroatoms. The molecule has 2 aromatic rings. The van der Waals surface area contributed by atoms with E-state index in [4.69, 9.17) is 9.47 Å². The summed E-state index contributed by atoms with van der Waals surface area (Å²) in [5, 5.41) is 19.8. The summed E-state index contributed by atoms with van der Waals surface area (Å²) in [6.07, 6.45) is 10.3. The fourth-order valence-electron chi connectivity index (χ4n) is 5.86. The van der Waals surface area contributed by atoms with E-state index in [2.05, 4.69) is 6.92 Å². The minimum absolute atomic E-state index is 0.0140. The normalized spacial score (nSPS) is 19.1. The number of aromatic hydroxyl groups is 2. The second kappa shape index (κ2) is 14.9. The van der Waals surface area contributed by atoms with Gasteiger partial charge in [-0.3, -0.25) is 9.59 Å². The molecule has 0 fully saturated rings. The minimum Gasteiger partial charge on any atom is -0.508 e. The number of benzene rings is 2. The van der Waals surface area contributed by atoms with E-state index in [1.165, 1.54) is 0 Å². The number of carbonyl (C=O) groups excluding carboxylic acids is 2. The number of Topliss-reactive ketones (excluding diaryl/α,β-unsaturated/α-hetero) is 1. The van der Waals surface area contributed by atoms with Crippen molar-refractivity contribution in [2.24, 2.45) is 5.92 Å². The predicted molar refractivity (Wildman–Crippen MR) is 153 cm³/mol. The van der Waals surface area contributed by atoms with E-state index < -0.39 is 5.92 Å². The Morgan fingerprint density at radius 2 is 1.59 bits per heavy atom. The molecule has 0 bridgehead atoms. The maximum atomic E-state index is 12.3. The van der Waals surface area contributed by atoms with Gasteiger partial charge in [0.05, 0.1) is 13.2 Å². The van der Waals surface area contributed by atoms with Gasteiger partial charge in [0.1, 0.15) is 28.9 Å². The SMILES string of the molecule is CCCC(=O)C(CCCCCCCCC[C@@H]1c2ccc(O)cc2OC[C@]1(C)c1ccc(O)cc1)C(=O)OCC. The van der Waals surface area contributed by atoms with Crippen LogP contribution in [0, 0.1) is 5.92 Å². The fraction of sp³-hybridized carbons (Fsp3) is 0.576. The van der Waals surface area contributed by atoms with Crippen molar-refractivity contribution in [2.45, 2.75) is 103 Å². The van der Waals surface area contributed by atoms with E-state index in [1.54, 1.807) is 31.2 Å². The number of hydrogen-bond acceptors (Lipinski definition) is 6. The average Bonchev–Trinajstić information content (AvgIpc) is 2.91. The van der Waals surface area contributed by atoms with Crippen molar-refractivity contribution in [3.63, 3.8) is 0 Å². The van der Waals surface area contributed by atoms with Crippen molar-refractivity contribution in [3.05, 3.63) is 53.6 Å². The molecule has 214 valence electrons. The Morgan fingerprint density at radius 1 is 0.949 bits per heavy atom. The molecule has 3 atom stereocenters. The molecule has 39 heavy (non-hydrogen) atoms. The molecule has 0 spiro atoms. The Balaban J connectivity index is 1.47. The van der Waals surface area contributed by atoms with Crippen LogP contribution in [0.25, 0.3) is 0 Å². The molecule has 1 unspecified atom stereocenters. The number of ether oxygens (including phenoxy) is 2. The highest BCUT2D eigenvalue weighted by Crippen LogP contribution is 2.49. The molecular weight excluding hydrogens is 492 g/mol. The number of esters is 1. The highest BCUT2D eigenvalue weighted by atomic mass is 16.5. The zero-order valence-electron chi connectivity index (χ0n) is 23.9. The summed E-state index contributed by atoms with van der Waals surface area (Å²) >= 11 is 0. The first-order chi connectivity index (χ1) is 18.8. The predicted octanol–water partition coefficient (Wildman–Crippen LogP) is 7.59. The lowest BCUT2D eigenvalue weighted by molar-refractivity contribution is -0.151. The van der Waals surface area contributed by atoms with Gasteiger partial charge in [0.15, 0.2) is 0 Å². The van der Waals surface area contributed by atoms with Crippen molar-refractivity contribution in [2.75, 3.05) is 13.2 Å². The third kappa shape index (κ3) is 8.23. The lowest BCUT2D eigenvalue weighted by Crippen LogP contribution is -2.40. The summed E-state index contributed by atoms with van der Waals surface area (Å²) < 4.78 is 11.2. The number of unbranched alkanes of at least 4 members (excludes halogenated alkanes) is 6. The summed E-state index contributed by atoms with van der Waals surface area (Å²) in [6.45, 7) is 6.80. The van der Waals surface area contributed by atoms with Crippen molar-refractivity contribution in [1.82, 2.24) is 0 Å². The Kier molecular flexibility index (Phi) is 11.7. The van der Waals surface area contributed by atoms with Crippen molar-refractivity contribution in [3.8, 4) is 17.2 Å². The van der Waals surface area contributed by atoms with Crippen molar-refractivity contribution >= 4 is 11.8 Å². The van der Waals surface area contributed by atoms with E-state index in [9.17, 15) is 19.8 Å². The summed E-state index contributed by atoms with van der Waals surface area (Å²) in [4.78, 5) is 24.5. The molecule has 6 nitrogen and oxygen atoms in total. The molecule has 1 aliphatic rings. The van der Waals surface area contributed by atoms with Crippen LogP contribution in [0.2, 0.25) is 0 Å². The Morgan fingerprint density at radius 3 is 2.26 bits per heavy atom. The molecule has 0 saturated heterocycles. The van der Waals surface area contributed by atoms with Crippen LogP contribution in [0.3, 0.4) is 0 Å². The zero-order valence-corrected chi connectivity index (χ0v) is 23.9. The topological polar surface area (TPSA) is 93.1 Å². The van der Waals surface area contributed by atoms with E-state index in [-0.39, 0.29) is 34.6 Å². The first kappa shape index (κ1) is 30.5. The van der Waals surface area contributed by atoms with Crippen LogP contribution in [0.15, 0.2) is 42.5 Å². The van der Waals surface area contributed by atoms with E-state index >= 15 is 0 Å². The van der Waals surface area contributed by atoms with Gasteiger partial charge in [0.2, 0.25) is 0 Å². The van der Waals surface area contributed by atoms with E-state index in [1.807, 2.05) is 25.1 Å². The number of hydrogen-bond donors (Lipinski definition) is 2. The monoisotopic (exact) mass is 538 g/mol. The third-order valence-electron chi connectivity index (χ3n) is 8.14. The van der Waals surface area contributed by atoms with Crippen molar-refractivity contribution < 1.29 is 29.3 Å². The summed E-state index contributed by atoms with van der Waals surface area (Å²) in [6, 6.07) is 12.9. The second-order valence-corrected chi connectivity index (χ2v) is 11.1. The fourth-order valence-corrected chi connectivity index (χ4v) is 5.86. The average molecular weight is 539 g/mol. The Labute approximate surface area is 233 Å². The quantitative estimate of drug-likeness (QED) is 0.130. The standard InChI is InChI=1S/C33H46O6/c1-4-13-30(36)28(32(37)38-5-2)14-11-9-7-6-8-10-12-15-29-27-21-20-26(35)22-31(27)39-23-33(29,3)24-16-18-25(34)19-17-24/h16-22,28-29,34-35H,4-15,23H2,1-3H3/t28?,29-,33-/m1/s1. The largest absolute Gasteiger partial charge is 0.508 e. The van der Waals surface area contributed by atoms with Gasteiger partial charge in [0.25, 0.3) is 0 Å². The number of carbonyl (C=O) groups is 2. The van der Waals surface area contributed by atoms with E-state index in [0.29, 0.717) is 26.1 Å². The van der Waals surface area contributed by atoms with Gasteiger partial charge in [-0.2, -0.15) is 0 Å². The number of ketones is 1. The van der Waals surface area contributed by atoms with Crippen LogP contribution < -0.4 is 4.74 Å². The molecular formula is C33H46O6. The Hall–Kier alpha value is -3.02. The van der Waals surface area contributed by atoms with Gasteiger partial charge in [0, 0.05) is 23.8 Å². The van der Waals surface area contributed by atoms with Gasteiger partial charge < -0.3 is 19.7 Å². The molecule has 0 radical (unpaired) electrons. The second-order valence-electron chi connectivity index (χ2n) is 11.1. The lowest BCUT2D eigenvalue weighted by atomic mass is 9.66. The smallest absolute Gasteiger partial charge is 0.316 e. The van der Waals surface area contributed by atoms with Crippen LogP contribution >= 0.6 is 0 Å². The van der Waals surface area contributed by atoms with Crippen LogP contribution in [-0.4, -0.2) is 35.2 Å². The molecule has 0 saturated carbocycles. The molecule has 1 heterocycles. The lowest BCUT2D eigenvalue weighted by Gasteiger charge is -2.43. The summed E-state index contributed by atoms with van der Waals surface area (Å²) in [5.41, 5.74) is 2.04. The van der Waals surface area contributed by atoms with Crippen molar-refractivity contribution in [1.29, 1.82) is 0 Å². The van der Waals surface area contributed by atoms with Gasteiger partial charge in [-0.15, -0.1) is 0 Å². The van der Waals surface area contributed by atoms with E-state index in [0.717, 1.165) is 74.7 Å². The van der Waals surface area contributed by atoms with Crippen LogP contribution in [-0.2, 0) is 19.7 Å². The maximum Gasteiger partial charge on any atom is 0.316 e. The Bertz CT molecular complexity index is 1040. The summed E-state index contributed by atoms with van der Waals surface area (Å²) in [5.74, 6) is 0.521. The highest BCUT2D eigenvalue weighted by molar-refractivity contribution is 5.98. The molecule has 0 aromatic heterocycles. The maximum absolute atomic E-state index is 12.3. The summed E-state index contributed by atoms with van der Waals surface area (Å²) in [7, 11) is 0. The van der Waals surface area contributed by atoms with Gasteiger partial charge in [-0.25, -0.2) is 0 Å². The van der Waals surface area contributed by atoms with Crippen LogP contribution in [0.1, 0.15) is 108 Å². The molecule has 2 N–H and O–H groups in total. The van der Waals surface area contributed by atoms with Crippen LogP contribution in [0.5, 0.6) is 17.2 Å². The molecule has 3 rings (SSSR count). The number of phenols is 2. The number of rotatable bonds is 16.